The van der Waals surface area contributed by atoms with Gasteiger partial charge in [0, 0.05) is 33.0 Å². The zero-order chi connectivity index (χ0) is 32.9. The van der Waals surface area contributed by atoms with Gasteiger partial charge in [0.1, 0.15) is 0 Å². The van der Waals surface area contributed by atoms with Crippen LogP contribution in [0.4, 0.5) is 45.5 Å². The number of anilines is 8. The van der Waals surface area contributed by atoms with E-state index in [1.165, 1.54) is 45.0 Å². The van der Waals surface area contributed by atoms with Crippen molar-refractivity contribution in [2.75, 3.05) is 21.3 Å². The number of nitrogens with zero attached hydrogens (tertiary/aromatic N) is 2. The molecule has 0 aromatic heterocycles. The van der Waals surface area contributed by atoms with Gasteiger partial charge in [-0.15, -0.1) is 0 Å². The van der Waals surface area contributed by atoms with Crippen molar-refractivity contribution in [2.24, 2.45) is 0 Å². The summed E-state index contributed by atoms with van der Waals surface area (Å²) in [6.45, 7) is 9.24. The molecular formula is C44H38N4. The summed E-state index contributed by atoms with van der Waals surface area (Å²) in [7, 11) is 0. The molecule has 0 unspecified atom stereocenters. The van der Waals surface area contributed by atoms with Gasteiger partial charge in [-0.25, -0.2) is 0 Å². The fourth-order valence-electron chi connectivity index (χ4n) is 8.44. The van der Waals surface area contributed by atoms with Crippen LogP contribution in [0.3, 0.4) is 0 Å². The maximum atomic E-state index is 6.98. The molecule has 9 rings (SSSR count). The highest BCUT2D eigenvalue weighted by Gasteiger charge is 2.38. The van der Waals surface area contributed by atoms with Gasteiger partial charge in [-0.2, -0.15) is 0 Å². The summed E-state index contributed by atoms with van der Waals surface area (Å²) in [5.41, 5.74) is 27.0. The van der Waals surface area contributed by atoms with Crippen LogP contribution in [0.15, 0.2) is 133 Å². The van der Waals surface area contributed by atoms with E-state index in [9.17, 15) is 0 Å². The van der Waals surface area contributed by atoms with Crippen LogP contribution in [-0.4, -0.2) is 0 Å². The second-order valence-electron chi connectivity index (χ2n) is 14.3. The molecule has 2 heterocycles. The Labute approximate surface area is 281 Å². The van der Waals surface area contributed by atoms with Crippen LogP contribution in [0.1, 0.15) is 49.9 Å². The number of nitrogen functional groups attached to an aromatic ring is 2. The van der Waals surface area contributed by atoms with Gasteiger partial charge in [-0.05, 0) is 81.6 Å². The maximum Gasteiger partial charge on any atom is 0.0634 e. The first-order chi connectivity index (χ1) is 23.2. The third-order valence-corrected chi connectivity index (χ3v) is 11.0. The molecule has 0 amide bonds. The van der Waals surface area contributed by atoms with Gasteiger partial charge in [-0.1, -0.05) is 113 Å². The minimum atomic E-state index is -0.122. The Bertz CT molecular complexity index is 2180. The molecule has 0 fully saturated rings. The summed E-state index contributed by atoms with van der Waals surface area (Å²) >= 11 is 0. The molecule has 0 saturated heterocycles. The van der Waals surface area contributed by atoms with E-state index in [2.05, 4.69) is 171 Å². The average molecular weight is 623 g/mol. The minimum Gasteiger partial charge on any atom is -0.397 e. The zero-order valence-corrected chi connectivity index (χ0v) is 27.8. The van der Waals surface area contributed by atoms with E-state index in [0.29, 0.717) is 11.4 Å². The molecular weight excluding hydrogens is 585 g/mol. The predicted molar refractivity (Wildman–Crippen MR) is 204 cm³/mol. The Hall–Kier alpha value is -5.74. The Kier molecular flexibility index (Phi) is 5.86. The number of fused-ring (bicyclic) bond motifs is 7. The maximum absolute atomic E-state index is 6.98. The summed E-state index contributed by atoms with van der Waals surface area (Å²) in [5.74, 6) is 0. The number of benzene rings is 7. The van der Waals surface area contributed by atoms with Crippen LogP contribution in [0.25, 0.3) is 21.5 Å². The molecule has 234 valence electrons. The lowest BCUT2D eigenvalue weighted by atomic mass is 9.73. The van der Waals surface area contributed by atoms with Crippen LogP contribution < -0.4 is 21.3 Å². The van der Waals surface area contributed by atoms with Crippen LogP contribution in [0, 0.1) is 0 Å². The normalized spacial score (nSPS) is 15.5. The SMILES string of the molecule is CC1(C)c2ccccc2N(c2ccc3c(c2)c(N)c(N)c2cc(N4c5ccccc5C(C)(C)c5ccccc54)ccc23)c2ccccc21. The number of hydrogen-bond acceptors (Lipinski definition) is 4. The zero-order valence-electron chi connectivity index (χ0n) is 27.8. The van der Waals surface area contributed by atoms with Gasteiger partial charge in [-0.3, -0.25) is 0 Å². The van der Waals surface area contributed by atoms with Crippen molar-refractivity contribution < 1.29 is 0 Å². The van der Waals surface area contributed by atoms with Crippen LogP contribution >= 0.6 is 0 Å². The molecule has 48 heavy (non-hydrogen) atoms. The molecule has 0 bridgehead atoms. The summed E-state index contributed by atoms with van der Waals surface area (Å²) in [6, 6.07) is 48.1. The number of para-hydroxylation sites is 4. The molecule has 7 aromatic rings. The molecule has 4 heteroatoms. The highest BCUT2D eigenvalue weighted by atomic mass is 15.2. The van der Waals surface area contributed by atoms with Crippen molar-refractivity contribution in [1.29, 1.82) is 0 Å². The molecule has 0 saturated carbocycles. The second kappa shape index (κ2) is 9.88. The predicted octanol–water partition coefficient (Wildman–Crippen LogP) is 11.4. The standard InChI is InChI=1S/C44H38N4/c1-43(2)33-13-5-9-17-37(33)47(38-18-10-6-14-34(38)43)27-21-23-29-30-24-22-28(26-32(30)42(46)41(45)31(29)25-27)48-39-19-11-7-15-35(39)44(3,4)36-16-8-12-20-40(36)48/h5-26H,45-46H2,1-4H3. The third-order valence-electron chi connectivity index (χ3n) is 11.0. The number of rotatable bonds is 2. The van der Waals surface area contributed by atoms with Gasteiger partial charge in [0.05, 0.1) is 34.1 Å². The molecule has 4 nitrogen and oxygen atoms in total. The van der Waals surface area contributed by atoms with E-state index in [4.69, 9.17) is 11.5 Å². The second-order valence-corrected chi connectivity index (χ2v) is 14.3. The van der Waals surface area contributed by atoms with Crippen LogP contribution in [0.5, 0.6) is 0 Å². The fraction of sp³-hybridized carbons (Fsp3) is 0.136. The monoisotopic (exact) mass is 622 g/mol. The molecule has 0 aliphatic carbocycles. The van der Waals surface area contributed by atoms with Crippen molar-refractivity contribution in [1.82, 2.24) is 0 Å². The quantitative estimate of drug-likeness (QED) is 0.114. The van der Waals surface area contributed by atoms with E-state index in [0.717, 1.165) is 32.9 Å². The first kappa shape index (κ1) is 28.5. The Morgan fingerprint density at radius 1 is 0.375 bits per heavy atom. The lowest BCUT2D eigenvalue weighted by Crippen LogP contribution is -2.30. The van der Waals surface area contributed by atoms with Gasteiger partial charge >= 0.3 is 0 Å². The average Bonchev–Trinajstić information content (AvgIpc) is 3.11. The first-order valence-electron chi connectivity index (χ1n) is 16.7. The molecule has 0 atom stereocenters. The summed E-state index contributed by atoms with van der Waals surface area (Å²) in [4.78, 5) is 4.73. The lowest BCUT2D eigenvalue weighted by Gasteiger charge is -2.42. The molecule has 2 aliphatic rings. The summed E-state index contributed by atoms with van der Waals surface area (Å²) in [5, 5.41) is 4.10. The Balaban J connectivity index is 1.23. The van der Waals surface area contributed by atoms with Crippen LogP contribution in [-0.2, 0) is 10.8 Å². The molecule has 2 aliphatic heterocycles. The van der Waals surface area contributed by atoms with Crippen molar-refractivity contribution in [3.63, 3.8) is 0 Å². The van der Waals surface area contributed by atoms with E-state index >= 15 is 0 Å². The van der Waals surface area contributed by atoms with Crippen molar-refractivity contribution in [2.45, 2.75) is 38.5 Å². The first-order valence-corrected chi connectivity index (χ1v) is 16.7. The minimum absolute atomic E-state index is 0.122. The van der Waals surface area contributed by atoms with Gasteiger partial charge in [0.25, 0.3) is 0 Å². The van der Waals surface area contributed by atoms with E-state index in [1.807, 2.05) is 0 Å². The van der Waals surface area contributed by atoms with E-state index < -0.39 is 0 Å². The molecule has 0 radical (unpaired) electrons. The van der Waals surface area contributed by atoms with E-state index in [-0.39, 0.29) is 10.8 Å². The van der Waals surface area contributed by atoms with Gasteiger partial charge in [0.2, 0.25) is 0 Å². The molecule has 7 aromatic carbocycles. The fourth-order valence-corrected chi connectivity index (χ4v) is 8.44. The smallest absolute Gasteiger partial charge is 0.0634 e. The van der Waals surface area contributed by atoms with Crippen molar-refractivity contribution in [3.05, 3.63) is 156 Å². The van der Waals surface area contributed by atoms with E-state index in [1.54, 1.807) is 0 Å². The number of nitrogens with two attached hydrogens (primary N) is 2. The molecule has 4 N–H and O–H groups in total. The molecule has 0 spiro atoms. The highest BCUT2D eigenvalue weighted by Crippen LogP contribution is 2.54. The Morgan fingerprint density at radius 3 is 0.979 bits per heavy atom. The van der Waals surface area contributed by atoms with Gasteiger partial charge < -0.3 is 21.3 Å². The van der Waals surface area contributed by atoms with Crippen molar-refractivity contribution >= 4 is 67.0 Å². The largest absolute Gasteiger partial charge is 0.397 e. The topological polar surface area (TPSA) is 58.5 Å². The lowest BCUT2D eigenvalue weighted by molar-refractivity contribution is 0.632. The van der Waals surface area contributed by atoms with Crippen molar-refractivity contribution in [3.8, 4) is 0 Å². The number of hydrogen-bond donors (Lipinski definition) is 2. The van der Waals surface area contributed by atoms with Crippen LogP contribution in [0.2, 0.25) is 0 Å². The third kappa shape index (κ3) is 3.77. The highest BCUT2D eigenvalue weighted by molar-refractivity contribution is 6.20. The summed E-state index contributed by atoms with van der Waals surface area (Å²) < 4.78 is 0. The van der Waals surface area contributed by atoms with Gasteiger partial charge in [0.15, 0.2) is 0 Å². The summed E-state index contributed by atoms with van der Waals surface area (Å²) in [6.07, 6.45) is 0. The Morgan fingerprint density at radius 2 is 0.667 bits per heavy atom.